The summed E-state index contributed by atoms with van der Waals surface area (Å²) in [5.41, 5.74) is 6.33. The normalized spacial score (nSPS) is 11.5. The lowest BCUT2D eigenvalue weighted by Crippen LogP contribution is -1.99. The van der Waals surface area contributed by atoms with Crippen LogP contribution in [0.2, 0.25) is 5.02 Å². The Morgan fingerprint density at radius 3 is 2.73 bits per heavy atom. The van der Waals surface area contributed by atoms with Crippen molar-refractivity contribution >= 4 is 34.4 Å². The highest BCUT2D eigenvalue weighted by Crippen LogP contribution is 2.23. The fourth-order valence-electron chi connectivity index (χ4n) is 3.22. The molecular formula is C22H18ClN3. The monoisotopic (exact) mass is 359 g/mol. The van der Waals surface area contributed by atoms with E-state index in [0.29, 0.717) is 0 Å². The number of aryl methyl sites for hydroxylation is 1. The van der Waals surface area contributed by atoms with Crippen molar-refractivity contribution in [2.75, 3.05) is 0 Å². The maximum absolute atomic E-state index is 6.15. The van der Waals surface area contributed by atoms with E-state index in [2.05, 4.69) is 46.6 Å². The second-order valence-corrected chi connectivity index (χ2v) is 6.72. The minimum atomic E-state index is 0.731. The summed E-state index contributed by atoms with van der Waals surface area (Å²) >= 11 is 6.15. The zero-order valence-corrected chi connectivity index (χ0v) is 15.4. The first-order valence-corrected chi connectivity index (χ1v) is 8.83. The Labute approximate surface area is 157 Å². The Kier molecular flexibility index (Phi) is 4.31. The first-order valence-electron chi connectivity index (χ1n) is 8.45. The molecule has 26 heavy (non-hydrogen) atoms. The van der Waals surface area contributed by atoms with E-state index in [-0.39, 0.29) is 0 Å². The number of aromatic nitrogens is 2. The van der Waals surface area contributed by atoms with E-state index in [4.69, 9.17) is 11.6 Å². The summed E-state index contributed by atoms with van der Waals surface area (Å²) in [6.07, 6.45) is 3.72. The largest absolute Gasteiger partial charge is 0.318 e. The van der Waals surface area contributed by atoms with Crippen molar-refractivity contribution in [2.24, 2.45) is 4.99 Å². The van der Waals surface area contributed by atoms with Crippen molar-refractivity contribution in [1.82, 2.24) is 9.55 Å². The third kappa shape index (κ3) is 3.14. The number of pyridine rings is 1. The van der Waals surface area contributed by atoms with E-state index in [1.165, 1.54) is 0 Å². The van der Waals surface area contributed by atoms with Crippen LogP contribution in [0.5, 0.6) is 0 Å². The molecule has 2 aromatic carbocycles. The molecule has 0 radical (unpaired) electrons. The van der Waals surface area contributed by atoms with Gasteiger partial charge in [0.2, 0.25) is 0 Å². The second kappa shape index (κ2) is 6.77. The average Bonchev–Trinajstić information content (AvgIpc) is 2.93. The lowest BCUT2D eigenvalue weighted by atomic mass is 10.2. The van der Waals surface area contributed by atoms with Gasteiger partial charge in [-0.2, -0.15) is 0 Å². The van der Waals surface area contributed by atoms with E-state index >= 15 is 0 Å². The van der Waals surface area contributed by atoms with Crippen LogP contribution in [0.3, 0.4) is 0 Å². The molecule has 4 aromatic rings. The predicted octanol–water partition coefficient (Wildman–Crippen LogP) is 6.05. The zero-order chi connectivity index (χ0) is 18.1. The maximum atomic E-state index is 6.15. The van der Waals surface area contributed by atoms with E-state index in [0.717, 1.165) is 44.3 Å². The van der Waals surface area contributed by atoms with Gasteiger partial charge >= 0.3 is 0 Å². The summed E-state index contributed by atoms with van der Waals surface area (Å²) in [6.45, 7) is 4.19. The Morgan fingerprint density at radius 1 is 1.00 bits per heavy atom. The molecule has 0 aliphatic rings. The van der Waals surface area contributed by atoms with Crippen LogP contribution in [0.25, 0.3) is 16.6 Å². The summed E-state index contributed by atoms with van der Waals surface area (Å²) in [5.74, 6) is 0. The number of nitrogens with zero attached hydrogens (tertiary/aromatic N) is 3. The smallest absolute Gasteiger partial charge is 0.0703 e. The number of benzene rings is 2. The highest BCUT2D eigenvalue weighted by molar-refractivity contribution is 6.30. The van der Waals surface area contributed by atoms with Crippen molar-refractivity contribution in [3.05, 3.63) is 88.8 Å². The van der Waals surface area contributed by atoms with Crippen LogP contribution in [0.4, 0.5) is 5.69 Å². The van der Waals surface area contributed by atoms with Gasteiger partial charge in [0.25, 0.3) is 0 Å². The molecule has 0 bridgehead atoms. The molecule has 0 amide bonds. The zero-order valence-electron chi connectivity index (χ0n) is 14.6. The van der Waals surface area contributed by atoms with E-state index in [1.807, 2.05) is 48.7 Å². The minimum Gasteiger partial charge on any atom is -0.318 e. The molecule has 0 aliphatic carbocycles. The number of hydrogen-bond acceptors (Lipinski definition) is 2. The molecule has 2 heterocycles. The fraction of sp³-hybridized carbons (Fsp3) is 0.0909. The summed E-state index contributed by atoms with van der Waals surface area (Å²) in [4.78, 5) is 9.01. The highest BCUT2D eigenvalue weighted by atomic mass is 35.5. The summed E-state index contributed by atoms with van der Waals surface area (Å²) < 4.78 is 2.19. The lowest BCUT2D eigenvalue weighted by Gasteiger charge is -2.09. The molecule has 3 nitrogen and oxygen atoms in total. The average molecular weight is 360 g/mol. The standard InChI is InChI=1S/C22H18ClN3/c1-15-11-18(16(2)26(15)21-7-3-6-19(23)13-21)14-25-20-8-9-22-17(12-20)5-4-10-24-22/h3-14H,1-2H3. The topological polar surface area (TPSA) is 30.2 Å². The summed E-state index contributed by atoms with van der Waals surface area (Å²) in [7, 11) is 0. The molecule has 4 rings (SSSR count). The van der Waals surface area contributed by atoms with Crippen LogP contribution in [0, 0.1) is 13.8 Å². The van der Waals surface area contributed by atoms with Gasteiger partial charge in [0.05, 0.1) is 11.2 Å². The van der Waals surface area contributed by atoms with Gasteiger partial charge in [-0.1, -0.05) is 23.7 Å². The lowest BCUT2D eigenvalue weighted by molar-refractivity contribution is 0.965. The molecule has 0 N–H and O–H groups in total. The minimum absolute atomic E-state index is 0.731. The van der Waals surface area contributed by atoms with Gasteiger partial charge in [0, 0.05) is 45.5 Å². The fourth-order valence-corrected chi connectivity index (χ4v) is 3.40. The van der Waals surface area contributed by atoms with Crippen LogP contribution in [0.1, 0.15) is 17.0 Å². The Balaban J connectivity index is 1.70. The molecule has 0 saturated carbocycles. The number of fused-ring (bicyclic) bond motifs is 1. The quantitative estimate of drug-likeness (QED) is 0.410. The van der Waals surface area contributed by atoms with Crippen LogP contribution < -0.4 is 0 Å². The third-order valence-corrected chi connectivity index (χ3v) is 4.71. The molecule has 0 spiro atoms. The molecule has 4 heteroatoms. The Morgan fingerprint density at radius 2 is 1.88 bits per heavy atom. The number of aliphatic imine (C=N–C) groups is 1. The Bertz CT molecular complexity index is 1130. The van der Waals surface area contributed by atoms with Gasteiger partial charge in [0.1, 0.15) is 0 Å². The van der Waals surface area contributed by atoms with Crippen molar-refractivity contribution < 1.29 is 0 Å². The van der Waals surface area contributed by atoms with Crippen molar-refractivity contribution in [3.63, 3.8) is 0 Å². The SMILES string of the molecule is Cc1cc(C=Nc2ccc3ncccc3c2)c(C)n1-c1cccc(Cl)c1. The molecule has 0 atom stereocenters. The molecule has 128 valence electrons. The van der Waals surface area contributed by atoms with Gasteiger partial charge in [-0.3, -0.25) is 9.98 Å². The molecule has 0 unspecified atom stereocenters. The van der Waals surface area contributed by atoms with Crippen molar-refractivity contribution in [2.45, 2.75) is 13.8 Å². The van der Waals surface area contributed by atoms with Crippen molar-refractivity contribution in [3.8, 4) is 5.69 Å². The number of rotatable bonds is 3. The molecular weight excluding hydrogens is 342 g/mol. The Hall–Kier alpha value is -2.91. The highest BCUT2D eigenvalue weighted by Gasteiger charge is 2.09. The third-order valence-electron chi connectivity index (χ3n) is 4.48. The maximum Gasteiger partial charge on any atom is 0.0703 e. The van der Waals surface area contributed by atoms with Crippen LogP contribution in [-0.4, -0.2) is 15.8 Å². The molecule has 2 aromatic heterocycles. The van der Waals surface area contributed by atoms with Crippen LogP contribution >= 0.6 is 11.6 Å². The van der Waals surface area contributed by atoms with E-state index < -0.39 is 0 Å². The van der Waals surface area contributed by atoms with Gasteiger partial charge in [-0.15, -0.1) is 0 Å². The van der Waals surface area contributed by atoms with E-state index in [1.54, 1.807) is 6.20 Å². The predicted molar refractivity (Wildman–Crippen MR) is 109 cm³/mol. The number of hydrogen-bond donors (Lipinski definition) is 0. The molecule has 0 fully saturated rings. The summed E-state index contributed by atoms with van der Waals surface area (Å²) in [6, 6.07) is 20.0. The van der Waals surface area contributed by atoms with Crippen molar-refractivity contribution in [1.29, 1.82) is 0 Å². The summed E-state index contributed by atoms with van der Waals surface area (Å²) in [5, 5.41) is 1.82. The molecule has 0 aliphatic heterocycles. The van der Waals surface area contributed by atoms with Gasteiger partial charge in [-0.25, -0.2) is 0 Å². The first-order chi connectivity index (χ1) is 12.6. The first kappa shape index (κ1) is 16.6. The number of halogens is 1. The van der Waals surface area contributed by atoms with Gasteiger partial charge in [-0.05, 0) is 62.4 Å². The van der Waals surface area contributed by atoms with Gasteiger partial charge in [0.15, 0.2) is 0 Å². The second-order valence-electron chi connectivity index (χ2n) is 6.28. The van der Waals surface area contributed by atoms with Crippen LogP contribution in [0.15, 0.2) is 71.9 Å². The molecule has 0 saturated heterocycles. The van der Waals surface area contributed by atoms with Gasteiger partial charge < -0.3 is 4.57 Å². The van der Waals surface area contributed by atoms with E-state index in [9.17, 15) is 0 Å². The van der Waals surface area contributed by atoms with Crippen LogP contribution in [-0.2, 0) is 0 Å².